The van der Waals surface area contributed by atoms with Crippen molar-refractivity contribution in [2.45, 2.75) is 45.6 Å². The number of carbonyl (C=O) groups excluding carboxylic acids is 2. The molecule has 0 spiro atoms. The average molecular weight is 504 g/mol. The molecule has 1 aliphatic heterocycles. The number of aromatic nitrogens is 2. The Bertz CT molecular complexity index is 1340. The first kappa shape index (κ1) is 24.5. The van der Waals surface area contributed by atoms with Crippen LogP contribution in [0.15, 0.2) is 48.5 Å². The number of likely N-dealkylation sites (tertiary alicyclic amines) is 1. The molecule has 1 aliphatic rings. The number of fused-ring (bicyclic) bond motifs is 2. The molecule has 0 radical (unpaired) electrons. The molecule has 1 atom stereocenters. The van der Waals surface area contributed by atoms with Crippen molar-refractivity contribution in [3.63, 3.8) is 0 Å². The molecule has 1 unspecified atom stereocenters. The molecule has 36 heavy (non-hydrogen) atoms. The molecule has 4 aromatic rings. The van der Waals surface area contributed by atoms with Gasteiger partial charge in [0.25, 0.3) is 5.91 Å². The Morgan fingerprint density at radius 2 is 1.97 bits per heavy atom. The summed E-state index contributed by atoms with van der Waals surface area (Å²) in [6.45, 7) is 7.82. The van der Waals surface area contributed by atoms with Crippen LogP contribution in [0.2, 0.25) is 0 Å². The molecule has 8 heteroatoms. The highest BCUT2D eigenvalue weighted by Gasteiger charge is 2.26. The van der Waals surface area contributed by atoms with E-state index in [2.05, 4.69) is 15.2 Å². The fourth-order valence-electron chi connectivity index (χ4n) is 4.92. The number of rotatable bonds is 9. The van der Waals surface area contributed by atoms with E-state index in [0.29, 0.717) is 17.8 Å². The summed E-state index contributed by atoms with van der Waals surface area (Å²) in [6.07, 6.45) is 3.72. The van der Waals surface area contributed by atoms with Crippen LogP contribution in [-0.2, 0) is 4.79 Å². The van der Waals surface area contributed by atoms with Crippen LogP contribution in [0.4, 0.5) is 5.69 Å². The highest BCUT2D eigenvalue weighted by molar-refractivity contribution is 7.20. The standard InChI is InChI=1S/C28H33N5O2S/c1-3-8-26(34)33(19(2)27-30-22-9-4-5-10-23(22)31-27)21-11-12-24-20(17-21)18-25(36-24)28(35)29-13-16-32-14-6-7-15-32/h4-5,9-12,17-19H,3,6-8,13-16H2,1-2H3,(H,29,35)(H,30,31). The van der Waals surface area contributed by atoms with Gasteiger partial charge in [-0.15, -0.1) is 11.3 Å². The molecule has 2 aromatic carbocycles. The van der Waals surface area contributed by atoms with Gasteiger partial charge in [0.05, 0.1) is 22.0 Å². The first-order valence-corrected chi connectivity index (χ1v) is 13.7. The van der Waals surface area contributed by atoms with Crippen LogP contribution in [0.1, 0.15) is 61.1 Å². The van der Waals surface area contributed by atoms with Crippen LogP contribution >= 0.6 is 11.3 Å². The Labute approximate surface area is 215 Å². The zero-order chi connectivity index (χ0) is 25.1. The average Bonchev–Trinajstić information content (AvgIpc) is 3.63. The van der Waals surface area contributed by atoms with Crippen molar-refractivity contribution in [2.75, 3.05) is 31.1 Å². The van der Waals surface area contributed by atoms with Crippen LogP contribution in [0.25, 0.3) is 21.1 Å². The number of anilines is 1. The van der Waals surface area contributed by atoms with Crippen molar-refractivity contribution in [3.8, 4) is 0 Å². The van der Waals surface area contributed by atoms with Crippen molar-refractivity contribution < 1.29 is 9.59 Å². The molecule has 0 bridgehead atoms. The number of nitrogens with one attached hydrogen (secondary N) is 2. The number of amides is 2. The Morgan fingerprint density at radius 1 is 1.17 bits per heavy atom. The summed E-state index contributed by atoms with van der Waals surface area (Å²) in [6, 6.07) is 15.6. The summed E-state index contributed by atoms with van der Waals surface area (Å²) >= 11 is 1.49. The van der Waals surface area contributed by atoms with Crippen molar-refractivity contribution in [3.05, 3.63) is 59.2 Å². The van der Waals surface area contributed by atoms with Crippen LogP contribution in [0, 0.1) is 0 Å². The molecule has 188 valence electrons. The summed E-state index contributed by atoms with van der Waals surface area (Å²) in [5.74, 6) is 0.774. The molecule has 5 rings (SSSR count). The molecule has 2 N–H and O–H groups in total. The van der Waals surface area contributed by atoms with Gasteiger partial charge in [-0.25, -0.2) is 4.98 Å². The van der Waals surface area contributed by atoms with E-state index in [1.54, 1.807) is 0 Å². The van der Waals surface area contributed by atoms with E-state index in [4.69, 9.17) is 4.98 Å². The Morgan fingerprint density at radius 3 is 2.75 bits per heavy atom. The number of H-pyrrole nitrogens is 1. The minimum absolute atomic E-state index is 0.0356. The van der Waals surface area contributed by atoms with Gasteiger partial charge >= 0.3 is 0 Å². The van der Waals surface area contributed by atoms with E-state index < -0.39 is 0 Å². The zero-order valence-corrected chi connectivity index (χ0v) is 21.7. The molecule has 3 heterocycles. The number of hydrogen-bond donors (Lipinski definition) is 2. The second-order valence-electron chi connectivity index (χ2n) is 9.47. The Balaban J connectivity index is 1.38. The second-order valence-corrected chi connectivity index (χ2v) is 10.6. The topological polar surface area (TPSA) is 81.3 Å². The van der Waals surface area contributed by atoms with Crippen molar-refractivity contribution in [1.82, 2.24) is 20.2 Å². The first-order valence-electron chi connectivity index (χ1n) is 12.8. The highest BCUT2D eigenvalue weighted by Crippen LogP contribution is 2.33. The number of imidazole rings is 1. The summed E-state index contributed by atoms with van der Waals surface area (Å²) in [7, 11) is 0. The number of thiophene rings is 1. The fraction of sp³-hybridized carbons (Fsp3) is 0.393. The summed E-state index contributed by atoms with van der Waals surface area (Å²) in [5, 5.41) is 4.03. The van der Waals surface area contributed by atoms with E-state index in [0.717, 1.165) is 58.7 Å². The van der Waals surface area contributed by atoms with Gasteiger partial charge in [-0.3, -0.25) is 9.59 Å². The maximum Gasteiger partial charge on any atom is 0.261 e. The second kappa shape index (κ2) is 10.8. The van der Waals surface area contributed by atoms with Crippen LogP contribution in [0.3, 0.4) is 0 Å². The van der Waals surface area contributed by atoms with Crippen molar-refractivity contribution in [2.24, 2.45) is 0 Å². The van der Waals surface area contributed by atoms with Crippen molar-refractivity contribution in [1.29, 1.82) is 0 Å². The number of nitrogens with zero attached hydrogens (tertiary/aromatic N) is 3. The van der Waals surface area contributed by atoms with Crippen LogP contribution < -0.4 is 10.2 Å². The third-order valence-corrected chi connectivity index (χ3v) is 7.95. The number of para-hydroxylation sites is 2. The third kappa shape index (κ3) is 5.15. The lowest BCUT2D eigenvalue weighted by Crippen LogP contribution is -2.34. The molecule has 2 aromatic heterocycles. The van der Waals surface area contributed by atoms with E-state index in [1.165, 1.54) is 24.2 Å². The van der Waals surface area contributed by atoms with E-state index >= 15 is 0 Å². The summed E-state index contributed by atoms with van der Waals surface area (Å²) in [4.78, 5) is 39.1. The number of hydrogen-bond acceptors (Lipinski definition) is 5. The number of carbonyl (C=O) groups is 2. The highest BCUT2D eigenvalue weighted by atomic mass is 32.1. The quantitative estimate of drug-likeness (QED) is 0.316. The Hall–Kier alpha value is -3.23. The fourth-order valence-corrected chi connectivity index (χ4v) is 5.88. The van der Waals surface area contributed by atoms with Gasteiger partial charge in [0.15, 0.2) is 0 Å². The minimum atomic E-state index is -0.263. The van der Waals surface area contributed by atoms with Gasteiger partial charge in [0.1, 0.15) is 5.82 Å². The van der Waals surface area contributed by atoms with Gasteiger partial charge in [-0.1, -0.05) is 19.1 Å². The van der Waals surface area contributed by atoms with E-state index in [-0.39, 0.29) is 17.9 Å². The normalized spacial score (nSPS) is 14.9. The third-order valence-electron chi connectivity index (χ3n) is 6.84. The van der Waals surface area contributed by atoms with Gasteiger partial charge in [0, 0.05) is 29.9 Å². The largest absolute Gasteiger partial charge is 0.350 e. The molecular formula is C28H33N5O2S. The van der Waals surface area contributed by atoms with Gasteiger partial charge in [0.2, 0.25) is 5.91 Å². The molecule has 0 aliphatic carbocycles. The van der Waals surface area contributed by atoms with E-state index in [9.17, 15) is 9.59 Å². The van der Waals surface area contributed by atoms with Crippen molar-refractivity contribution >= 4 is 50.0 Å². The molecule has 0 saturated carbocycles. The summed E-state index contributed by atoms with van der Waals surface area (Å²) < 4.78 is 1.03. The van der Waals surface area contributed by atoms with Gasteiger partial charge < -0.3 is 20.1 Å². The lowest BCUT2D eigenvalue weighted by molar-refractivity contribution is -0.119. The first-order chi connectivity index (χ1) is 17.5. The predicted octanol–water partition coefficient (Wildman–Crippen LogP) is 5.50. The smallest absolute Gasteiger partial charge is 0.261 e. The van der Waals surface area contributed by atoms with Gasteiger partial charge in [-0.2, -0.15) is 0 Å². The monoisotopic (exact) mass is 503 g/mol. The molecular weight excluding hydrogens is 470 g/mol. The molecule has 7 nitrogen and oxygen atoms in total. The number of aromatic amines is 1. The maximum atomic E-state index is 13.3. The zero-order valence-electron chi connectivity index (χ0n) is 20.9. The number of benzene rings is 2. The van der Waals surface area contributed by atoms with E-state index in [1.807, 2.05) is 67.3 Å². The lowest BCUT2D eigenvalue weighted by Gasteiger charge is -2.28. The predicted molar refractivity (Wildman–Crippen MR) is 147 cm³/mol. The molecule has 2 amide bonds. The Kier molecular flexibility index (Phi) is 7.34. The summed E-state index contributed by atoms with van der Waals surface area (Å²) in [5.41, 5.74) is 2.65. The minimum Gasteiger partial charge on any atom is -0.350 e. The maximum absolute atomic E-state index is 13.3. The van der Waals surface area contributed by atoms with Crippen LogP contribution in [-0.4, -0.2) is 52.9 Å². The SMILES string of the molecule is CCCC(=O)N(c1ccc2sc(C(=O)NCCN3CCCC3)cc2c1)C(C)c1nc2ccccc2[nH]1. The lowest BCUT2D eigenvalue weighted by atomic mass is 10.1. The molecule has 1 fully saturated rings. The molecule has 1 saturated heterocycles. The van der Waals surface area contributed by atoms with Gasteiger partial charge in [-0.05, 0) is 81.1 Å². The van der Waals surface area contributed by atoms with Crippen LogP contribution in [0.5, 0.6) is 0 Å².